The number of aliphatic hydroxyl groups is 1. The number of hydrogen-bond acceptors (Lipinski definition) is 6. The van der Waals surface area contributed by atoms with Crippen LogP contribution in [0.1, 0.15) is 43.4 Å². The van der Waals surface area contributed by atoms with Gasteiger partial charge in [-0.3, -0.25) is 14.8 Å². The lowest BCUT2D eigenvalue weighted by Gasteiger charge is -2.56. The van der Waals surface area contributed by atoms with Gasteiger partial charge >= 0.3 is 6.09 Å². The number of carboxylic acid groups (broad SMARTS) is 1. The first-order valence-corrected chi connectivity index (χ1v) is 10.3. The van der Waals surface area contributed by atoms with Crippen LogP contribution in [0.5, 0.6) is 5.88 Å². The van der Waals surface area contributed by atoms with Gasteiger partial charge in [-0.05, 0) is 37.7 Å². The van der Waals surface area contributed by atoms with Crippen LogP contribution in [-0.4, -0.2) is 67.6 Å². The van der Waals surface area contributed by atoms with Crippen LogP contribution in [0.25, 0.3) is 0 Å². The molecular formula is C21H27N5O5. The van der Waals surface area contributed by atoms with Crippen LogP contribution < -0.4 is 10.1 Å². The van der Waals surface area contributed by atoms with Crippen LogP contribution in [0.3, 0.4) is 0 Å². The number of hydrogen-bond donors (Lipinski definition) is 4. The number of amides is 2. The van der Waals surface area contributed by atoms with Crippen molar-refractivity contribution in [3.8, 4) is 5.88 Å². The predicted molar refractivity (Wildman–Crippen MR) is 111 cm³/mol. The minimum absolute atomic E-state index is 0.0706. The fourth-order valence-electron chi connectivity index (χ4n) is 4.81. The molecule has 2 aromatic heterocycles. The smallest absolute Gasteiger partial charge is 0.407 e. The van der Waals surface area contributed by atoms with E-state index >= 15 is 0 Å². The Labute approximate surface area is 179 Å². The number of aromatic nitrogens is 3. The van der Waals surface area contributed by atoms with Crippen LogP contribution in [0.2, 0.25) is 0 Å². The summed E-state index contributed by atoms with van der Waals surface area (Å²) >= 11 is 0. The number of rotatable bonds is 6. The molecule has 166 valence electrons. The summed E-state index contributed by atoms with van der Waals surface area (Å²) < 4.78 is 5.01. The number of likely N-dealkylation sites (tertiary alicyclic amines) is 1. The van der Waals surface area contributed by atoms with Gasteiger partial charge in [-0.1, -0.05) is 6.07 Å². The van der Waals surface area contributed by atoms with Crippen LogP contribution in [0, 0.1) is 5.92 Å². The van der Waals surface area contributed by atoms with Crippen molar-refractivity contribution in [3.05, 3.63) is 35.7 Å². The number of carbonyl (C=O) groups excluding carboxylic acids is 1. The molecule has 2 fully saturated rings. The number of nitrogens with zero attached hydrogens (tertiary/aromatic N) is 3. The minimum atomic E-state index is -0.991. The van der Waals surface area contributed by atoms with Crippen LogP contribution in [0.4, 0.5) is 10.6 Å². The van der Waals surface area contributed by atoms with Crippen molar-refractivity contribution in [1.29, 1.82) is 0 Å². The summed E-state index contributed by atoms with van der Waals surface area (Å²) in [5.41, 5.74) is 0.926. The number of ether oxygens (including phenoxy) is 1. The summed E-state index contributed by atoms with van der Waals surface area (Å²) in [6, 6.07) is 5.32. The first-order valence-electron chi connectivity index (χ1n) is 10.3. The molecule has 2 unspecified atom stereocenters. The van der Waals surface area contributed by atoms with E-state index in [-0.39, 0.29) is 30.7 Å². The van der Waals surface area contributed by atoms with Crippen LogP contribution in [-0.2, 0) is 11.2 Å². The van der Waals surface area contributed by atoms with E-state index in [0.29, 0.717) is 11.7 Å². The van der Waals surface area contributed by atoms with Gasteiger partial charge in [-0.2, -0.15) is 5.10 Å². The maximum Gasteiger partial charge on any atom is 0.407 e. The van der Waals surface area contributed by atoms with Gasteiger partial charge in [0.15, 0.2) is 5.82 Å². The quantitative estimate of drug-likeness (QED) is 0.550. The fourth-order valence-corrected chi connectivity index (χ4v) is 4.81. The molecule has 0 spiro atoms. The molecule has 4 rings (SSSR count). The monoisotopic (exact) mass is 429 g/mol. The number of methoxy groups -OCH3 is 1. The highest BCUT2D eigenvalue weighted by atomic mass is 16.5. The second-order valence-electron chi connectivity index (χ2n) is 8.48. The average Bonchev–Trinajstić information content (AvgIpc) is 3.41. The zero-order valence-electron chi connectivity index (χ0n) is 17.5. The number of aromatic amines is 1. The largest absolute Gasteiger partial charge is 0.481 e. The van der Waals surface area contributed by atoms with E-state index in [1.54, 1.807) is 18.3 Å². The molecular weight excluding hydrogens is 402 g/mol. The molecule has 2 aromatic rings. The maximum atomic E-state index is 12.3. The molecule has 2 aliphatic rings. The Morgan fingerprint density at radius 2 is 2.19 bits per heavy atom. The van der Waals surface area contributed by atoms with Crippen molar-refractivity contribution < 1.29 is 24.5 Å². The molecule has 10 nitrogen and oxygen atoms in total. The van der Waals surface area contributed by atoms with Gasteiger partial charge in [0, 0.05) is 29.9 Å². The van der Waals surface area contributed by atoms with Crippen molar-refractivity contribution in [2.75, 3.05) is 19.0 Å². The summed E-state index contributed by atoms with van der Waals surface area (Å²) in [5.74, 6) is 0.990. The Morgan fingerprint density at radius 3 is 2.84 bits per heavy atom. The normalized spacial score (nSPS) is 27.6. The zero-order valence-corrected chi connectivity index (χ0v) is 17.5. The van der Waals surface area contributed by atoms with Crippen molar-refractivity contribution >= 4 is 17.8 Å². The zero-order chi connectivity index (χ0) is 22.2. The summed E-state index contributed by atoms with van der Waals surface area (Å²) in [7, 11) is 1.53. The van der Waals surface area contributed by atoms with Gasteiger partial charge in [0.05, 0.1) is 31.7 Å². The van der Waals surface area contributed by atoms with Gasteiger partial charge in [0.2, 0.25) is 11.8 Å². The molecule has 3 heterocycles. The van der Waals surface area contributed by atoms with E-state index in [1.165, 1.54) is 12.0 Å². The minimum Gasteiger partial charge on any atom is -0.481 e. The number of H-pyrrole nitrogens is 1. The number of pyridine rings is 1. The SMILES string of the molecule is COc1ccc(CC(=O)Nc2cc(C3CCC([C@]4(C)[C@@H](O)CN4C(=O)O)C3)[nH]n2)cn1. The van der Waals surface area contributed by atoms with Gasteiger partial charge < -0.3 is 20.3 Å². The lowest BCUT2D eigenvalue weighted by Crippen LogP contribution is -2.73. The molecule has 31 heavy (non-hydrogen) atoms. The second kappa shape index (κ2) is 8.18. The highest BCUT2D eigenvalue weighted by Gasteiger charge is 2.57. The molecule has 2 amide bonds. The van der Waals surface area contributed by atoms with Gasteiger partial charge in [0.25, 0.3) is 0 Å². The number of β-amino-alcohol motifs (C(OH)–C–C–N with tert-alkyl or cyclic N) is 1. The van der Waals surface area contributed by atoms with Crippen molar-refractivity contribution in [2.24, 2.45) is 5.92 Å². The van der Waals surface area contributed by atoms with Gasteiger partial charge in [-0.25, -0.2) is 9.78 Å². The number of nitrogens with one attached hydrogen (secondary N) is 2. The maximum absolute atomic E-state index is 12.3. The van der Waals surface area contributed by atoms with E-state index in [0.717, 1.165) is 30.5 Å². The Bertz CT molecular complexity index is 961. The third-order valence-electron chi connectivity index (χ3n) is 6.78. The van der Waals surface area contributed by atoms with E-state index in [1.807, 2.05) is 13.0 Å². The Balaban J connectivity index is 1.34. The third-order valence-corrected chi connectivity index (χ3v) is 6.78. The average molecular weight is 429 g/mol. The topological polar surface area (TPSA) is 141 Å². The highest BCUT2D eigenvalue weighted by molar-refractivity contribution is 5.91. The van der Waals surface area contributed by atoms with E-state index in [2.05, 4.69) is 20.5 Å². The number of carbonyl (C=O) groups is 2. The Kier molecular flexibility index (Phi) is 5.57. The second-order valence-corrected chi connectivity index (χ2v) is 8.48. The fraction of sp³-hybridized carbons (Fsp3) is 0.524. The molecule has 4 N–H and O–H groups in total. The summed E-state index contributed by atoms with van der Waals surface area (Å²) in [6.07, 6.45) is 2.59. The molecule has 0 radical (unpaired) electrons. The molecule has 1 aliphatic carbocycles. The summed E-state index contributed by atoms with van der Waals surface area (Å²) in [5, 5.41) is 29.7. The molecule has 10 heteroatoms. The molecule has 1 saturated carbocycles. The van der Waals surface area contributed by atoms with E-state index in [9.17, 15) is 19.8 Å². The standard InChI is InChI=1S/C21H27N5O5/c1-21(16(27)11-26(21)20(29)30)14-5-4-13(8-14)15-9-17(25-24-15)23-18(28)7-12-3-6-19(31-2)22-10-12/h3,6,9-10,13-14,16,27H,4-5,7-8,11H2,1-2H3,(H,29,30)(H2,23,24,25,28)/t13?,14?,16-,21+/m0/s1. The van der Waals surface area contributed by atoms with E-state index < -0.39 is 17.7 Å². The van der Waals surface area contributed by atoms with Crippen molar-refractivity contribution in [2.45, 2.75) is 50.2 Å². The molecule has 1 saturated heterocycles. The predicted octanol–water partition coefficient (Wildman–Crippen LogP) is 1.99. The Morgan fingerprint density at radius 1 is 1.39 bits per heavy atom. The number of anilines is 1. The summed E-state index contributed by atoms with van der Waals surface area (Å²) in [6.45, 7) is 1.99. The first-order chi connectivity index (χ1) is 14.8. The molecule has 1 aliphatic heterocycles. The molecule has 4 atom stereocenters. The molecule has 0 aromatic carbocycles. The third kappa shape index (κ3) is 3.95. The van der Waals surface area contributed by atoms with E-state index in [4.69, 9.17) is 4.74 Å². The van der Waals surface area contributed by atoms with Crippen LogP contribution >= 0.6 is 0 Å². The van der Waals surface area contributed by atoms with Crippen molar-refractivity contribution in [3.63, 3.8) is 0 Å². The lowest BCUT2D eigenvalue weighted by atomic mass is 9.72. The molecule has 0 bridgehead atoms. The van der Waals surface area contributed by atoms with Crippen LogP contribution in [0.15, 0.2) is 24.4 Å². The van der Waals surface area contributed by atoms with Crippen molar-refractivity contribution in [1.82, 2.24) is 20.1 Å². The lowest BCUT2D eigenvalue weighted by molar-refractivity contribution is -0.136. The number of aliphatic hydroxyl groups excluding tert-OH is 1. The Hall–Kier alpha value is -3.14. The summed E-state index contributed by atoms with van der Waals surface area (Å²) in [4.78, 5) is 29.2. The van der Waals surface area contributed by atoms with Gasteiger partial charge in [-0.15, -0.1) is 0 Å². The van der Waals surface area contributed by atoms with Gasteiger partial charge in [0.1, 0.15) is 0 Å². The first kappa shape index (κ1) is 21.1. The highest BCUT2D eigenvalue weighted by Crippen LogP contribution is 2.49.